The third-order valence-electron chi connectivity index (χ3n) is 2.78. The van der Waals surface area contributed by atoms with E-state index in [0.717, 1.165) is 0 Å². The van der Waals surface area contributed by atoms with Gasteiger partial charge in [0.15, 0.2) is 0 Å². The number of carbonyl (C=O) groups excluding carboxylic acids is 1. The summed E-state index contributed by atoms with van der Waals surface area (Å²) in [6.45, 7) is 6.78. The molecule has 0 aliphatic rings. The highest BCUT2D eigenvalue weighted by atomic mass is 32.1. The lowest BCUT2D eigenvalue weighted by Gasteiger charge is -2.24. The van der Waals surface area contributed by atoms with Gasteiger partial charge in [-0.25, -0.2) is 9.97 Å². The minimum atomic E-state index is -0.410. The van der Waals surface area contributed by atoms with E-state index in [1.165, 1.54) is 11.3 Å². The SMILES string of the molecule is CCOC(C)(C)CNC(=O)c1sc2nccnc2c1N. The van der Waals surface area contributed by atoms with Gasteiger partial charge >= 0.3 is 0 Å². The predicted molar refractivity (Wildman–Crippen MR) is 79.9 cm³/mol. The second kappa shape index (κ2) is 5.72. The number of nitrogens with two attached hydrogens (primary N) is 1. The summed E-state index contributed by atoms with van der Waals surface area (Å²) in [7, 11) is 0. The van der Waals surface area contributed by atoms with Gasteiger partial charge in [-0.1, -0.05) is 0 Å². The maximum absolute atomic E-state index is 12.2. The van der Waals surface area contributed by atoms with Crippen molar-refractivity contribution in [2.45, 2.75) is 26.4 Å². The summed E-state index contributed by atoms with van der Waals surface area (Å²) in [6, 6.07) is 0. The average Bonchev–Trinajstić information content (AvgIpc) is 2.74. The van der Waals surface area contributed by atoms with Gasteiger partial charge in [-0.05, 0) is 20.8 Å². The third-order valence-corrected chi connectivity index (χ3v) is 3.88. The summed E-state index contributed by atoms with van der Waals surface area (Å²) in [5, 5.41) is 2.84. The molecule has 0 bridgehead atoms. The summed E-state index contributed by atoms with van der Waals surface area (Å²) < 4.78 is 5.54. The van der Waals surface area contributed by atoms with Crippen molar-refractivity contribution < 1.29 is 9.53 Å². The van der Waals surface area contributed by atoms with Crippen LogP contribution in [0.5, 0.6) is 0 Å². The molecule has 1 amide bonds. The second-order valence-corrected chi connectivity index (χ2v) is 5.93. The zero-order valence-corrected chi connectivity index (χ0v) is 12.6. The molecule has 108 valence electrons. The topological polar surface area (TPSA) is 90.1 Å². The van der Waals surface area contributed by atoms with E-state index < -0.39 is 5.60 Å². The van der Waals surface area contributed by atoms with Crippen molar-refractivity contribution in [1.82, 2.24) is 15.3 Å². The van der Waals surface area contributed by atoms with Crippen LogP contribution < -0.4 is 11.1 Å². The highest BCUT2D eigenvalue weighted by Crippen LogP contribution is 2.30. The fourth-order valence-corrected chi connectivity index (χ4v) is 2.77. The number of thiophene rings is 1. The maximum atomic E-state index is 12.2. The summed E-state index contributed by atoms with van der Waals surface area (Å²) in [4.78, 5) is 21.6. The Morgan fingerprint density at radius 3 is 2.80 bits per heavy atom. The number of anilines is 1. The van der Waals surface area contributed by atoms with Crippen molar-refractivity contribution in [2.75, 3.05) is 18.9 Å². The molecule has 0 aliphatic carbocycles. The number of rotatable bonds is 5. The number of carbonyl (C=O) groups is 1. The van der Waals surface area contributed by atoms with Gasteiger partial charge in [0, 0.05) is 25.5 Å². The number of hydrogen-bond donors (Lipinski definition) is 2. The molecule has 3 N–H and O–H groups in total. The van der Waals surface area contributed by atoms with Crippen LogP contribution in [-0.2, 0) is 4.74 Å². The summed E-state index contributed by atoms with van der Waals surface area (Å²) in [6.07, 6.45) is 3.14. The molecular weight excluding hydrogens is 276 g/mol. The van der Waals surface area contributed by atoms with E-state index in [1.54, 1.807) is 12.4 Å². The molecular formula is C13H18N4O2S. The van der Waals surface area contributed by atoms with Crippen LogP contribution in [0, 0.1) is 0 Å². The van der Waals surface area contributed by atoms with Gasteiger partial charge in [-0.2, -0.15) is 0 Å². The van der Waals surface area contributed by atoms with Gasteiger partial charge in [0.2, 0.25) is 0 Å². The third kappa shape index (κ3) is 3.05. The first-order chi connectivity index (χ1) is 9.44. The standard InChI is InChI=1S/C13H18N4O2S/c1-4-19-13(2,3)7-17-11(18)10-8(14)9-12(20-10)16-6-5-15-9/h5-6H,4,7,14H2,1-3H3,(H,17,18). The highest BCUT2D eigenvalue weighted by Gasteiger charge is 2.22. The van der Waals surface area contributed by atoms with Crippen LogP contribution in [0.15, 0.2) is 12.4 Å². The minimum Gasteiger partial charge on any atom is -0.396 e. The van der Waals surface area contributed by atoms with Crippen LogP contribution >= 0.6 is 11.3 Å². The summed E-state index contributed by atoms with van der Waals surface area (Å²) >= 11 is 1.24. The van der Waals surface area contributed by atoms with Crippen molar-refractivity contribution in [1.29, 1.82) is 0 Å². The number of nitrogens with zero attached hydrogens (tertiary/aromatic N) is 2. The molecule has 2 rings (SSSR count). The zero-order valence-electron chi connectivity index (χ0n) is 11.8. The number of nitrogen functional groups attached to an aromatic ring is 1. The lowest BCUT2D eigenvalue weighted by atomic mass is 10.1. The van der Waals surface area contributed by atoms with Gasteiger partial charge < -0.3 is 15.8 Å². The molecule has 0 spiro atoms. The van der Waals surface area contributed by atoms with Crippen molar-refractivity contribution in [3.05, 3.63) is 17.3 Å². The molecule has 2 aromatic rings. The van der Waals surface area contributed by atoms with Crippen molar-refractivity contribution in [2.24, 2.45) is 0 Å². The number of fused-ring (bicyclic) bond motifs is 1. The first-order valence-corrected chi connectivity index (χ1v) is 7.17. The smallest absolute Gasteiger partial charge is 0.263 e. The normalized spacial score (nSPS) is 11.8. The molecule has 20 heavy (non-hydrogen) atoms. The molecule has 0 unspecified atom stereocenters. The molecule has 0 fully saturated rings. The number of ether oxygens (including phenoxy) is 1. The Morgan fingerprint density at radius 1 is 1.45 bits per heavy atom. The summed E-state index contributed by atoms with van der Waals surface area (Å²) in [5.41, 5.74) is 6.50. The largest absolute Gasteiger partial charge is 0.396 e. The number of nitrogens with one attached hydrogen (secondary N) is 1. The van der Waals surface area contributed by atoms with E-state index in [-0.39, 0.29) is 5.91 Å². The van der Waals surface area contributed by atoms with Crippen LogP contribution in [0.4, 0.5) is 5.69 Å². The molecule has 2 aromatic heterocycles. The Labute approximate surface area is 121 Å². The van der Waals surface area contributed by atoms with Crippen LogP contribution in [0.2, 0.25) is 0 Å². The monoisotopic (exact) mass is 294 g/mol. The van der Waals surface area contributed by atoms with E-state index in [1.807, 2.05) is 20.8 Å². The van der Waals surface area contributed by atoms with Crippen LogP contribution in [0.1, 0.15) is 30.4 Å². The van der Waals surface area contributed by atoms with E-state index >= 15 is 0 Å². The van der Waals surface area contributed by atoms with E-state index in [9.17, 15) is 4.79 Å². The average molecular weight is 294 g/mol. The van der Waals surface area contributed by atoms with E-state index in [2.05, 4.69) is 15.3 Å². The molecule has 0 atom stereocenters. The zero-order chi connectivity index (χ0) is 14.8. The Morgan fingerprint density at radius 2 is 2.15 bits per heavy atom. The number of amides is 1. The second-order valence-electron chi connectivity index (χ2n) is 4.93. The Bertz CT molecular complexity index is 624. The first kappa shape index (κ1) is 14.7. The Balaban J connectivity index is 2.14. The summed E-state index contributed by atoms with van der Waals surface area (Å²) in [5.74, 6) is -0.222. The molecule has 7 heteroatoms. The molecule has 0 saturated heterocycles. The van der Waals surface area contributed by atoms with Crippen molar-refractivity contribution in [3.63, 3.8) is 0 Å². The van der Waals surface area contributed by atoms with Gasteiger partial charge in [-0.3, -0.25) is 4.79 Å². The molecule has 2 heterocycles. The first-order valence-electron chi connectivity index (χ1n) is 6.36. The van der Waals surface area contributed by atoms with Crippen LogP contribution in [-0.4, -0.2) is 34.6 Å². The predicted octanol–water partition coefficient (Wildman–Crippen LogP) is 1.82. The van der Waals surface area contributed by atoms with Crippen molar-refractivity contribution >= 4 is 33.3 Å². The van der Waals surface area contributed by atoms with Gasteiger partial charge in [0.25, 0.3) is 5.91 Å². The molecule has 0 radical (unpaired) electrons. The van der Waals surface area contributed by atoms with E-state index in [0.29, 0.717) is 34.1 Å². The van der Waals surface area contributed by atoms with Gasteiger partial charge in [0.1, 0.15) is 15.2 Å². The Kier molecular flexibility index (Phi) is 4.20. The van der Waals surface area contributed by atoms with Crippen LogP contribution in [0.3, 0.4) is 0 Å². The van der Waals surface area contributed by atoms with Crippen molar-refractivity contribution in [3.8, 4) is 0 Å². The molecule has 0 saturated carbocycles. The molecule has 0 aromatic carbocycles. The van der Waals surface area contributed by atoms with Gasteiger partial charge in [-0.15, -0.1) is 11.3 Å². The minimum absolute atomic E-state index is 0.222. The number of aromatic nitrogens is 2. The lowest BCUT2D eigenvalue weighted by Crippen LogP contribution is -2.40. The quantitative estimate of drug-likeness (QED) is 0.878. The van der Waals surface area contributed by atoms with Crippen LogP contribution in [0.25, 0.3) is 10.3 Å². The fraction of sp³-hybridized carbons (Fsp3) is 0.462. The maximum Gasteiger partial charge on any atom is 0.263 e. The van der Waals surface area contributed by atoms with E-state index in [4.69, 9.17) is 10.5 Å². The molecule has 6 nitrogen and oxygen atoms in total. The Hall–Kier alpha value is -1.73. The molecule has 0 aliphatic heterocycles. The number of hydrogen-bond acceptors (Lipinski definition) is 6. The fourth-order valence-electron chi connectivity index (χ4n) is 1.83. The van der Waals surface area contributed by atoms with Gasteiger partial charge in [0.05, 0.1) is 11.3 Å². The highest BCUT2D eigenvalue weighted by molar-refractivity contribution is 7.21. The lowest BCUT2D eigenvalue weighted by molar-refractivity contribution is -0.00812.